The average Bonchev–Trinajstić information content (AvgIpc) is 2.63. The third kappa shape index (κ3) is 1.42. The van der Waals surface area contributed by atoms with Crippen molar-refractivity contribution in [3.8, 4) is 0 Å². The van der Waals surface area contributed by atoms with Gasteiger partial charge in [-0.05, 0) is 33.2 Å². The third-order valence-corrected chi connectivity index (χ3v) is 2.50. The van der Waals surface area contributed by atoms with Gasteiger partial charge < -0.3 is 10.7 Å². The van der Waals surface area contributed by atoms with Crippen molar-refractivity contribution in [3.05, 3.63) is 23.3 Å². The average molecular weight is 192 g/mol. The maximum Gasteiger partial charge on any atom is 0.211 e. The summed E-state index contributed by atoms with van der Waals surface area (Å²) in [5.41, 5.74) is 8.99. The minimum Gasteiger partial charge on any atom is -0.330 e. The normalized spacial score (nSPS) is 11.4. The summed E-state index contributed by atoms with van der Waals surface area (Å²) in [6.07, 6.45) is 4.04. The molecule has 2 heterocycles. The zero-order valence-corrected chi connectivity index (χ0v) is 8.67. The van der Waals surface area contributed by atoms with Crippen molar-refractivity contribution < 1.29 is 0 Å². The fraction of sp³-hybridized carbons (Fsp3) is 0.500. The number of hydrogen-bond acceptors (Lipinski definition) is 2. The first-order chi connectivity index (χ1) is 6.72. The first kappa shape index (κ1) is 9.27. The third-order valence-electron chi connectivity index (χ3n) is 2.50. The van der Waals surface area contributed by atoms with Gasteiger partial charge in [0.2, 0.25) is 5.78 Å². The summed E-state index contributed by atoms with van der Waals surface area (Å²) in [5.74, 6) is 0.937. The van der Waals surface area contributed by atoms with Crippen LogP contribution in [-0.4, -0.2) is 20.9 Å². The summed E-state index contributed by atoms with van der Waals surface area (Å²) in [4.78, 5) is 7.74. The van der Waals surface area contributed by atoms with Gasteiger partial charge in [0.15, 0.2) is 0 Å². The minimum absolute atomic E-state index is 0.726. The van der Waals surface area contributed by atoms with Crippen molar-refractivity contribution in [2.75, 3.05) is 6.54 Å². The second-order valence-corrected chi connectivity index (χ2v) is 3.67. The first-order valence-electron chi connectivity index (χ1n) is 4.95. The highest BCUT2D eigenvalue weighted by atomic mass is 15.1. The number of nitrogens with one attached hydrogen (secondary N) is 1. The topological polar surface area (TPSA) is 59.1 Å². The standard InChI is InChI=1S/C10H16N4/c1-7-6-14-8(2)9(4-3-5-11)13-10(14)12-7/h6H,3-5,11H2,1-2H3,(H,12,13). The van der Waals surface area contributed by atoms with E-state index in [1.54, 1.807) is 0 Å². The summed E-state index contributed by atoms with van der Waals surface area (Å²) in [6.45, 7) is 4.86. The molecule has 0 unspecified atom stereocenters. The van der Waals surface area contributed by atoms with Gasteiger partial charge in [-0.3, -0.25) is 4.40 Å². The van der Waals surface area contributed by atoms with Crippen LogP contribution in [0.1, 0.15) is 23.5 Å². The number of nitrogens with two attached hydrogens (primary N) is 1. The summed E-state index contributed by atoms with van der Waals surface area (Å²) < 4.78 is 2.10. The Kier molecular flexibility index (Phi) is 2.29. The number of H-pyrrole nitrogens is 1. The number of nitrogens with zero attached hydrogens (tertiary/aromatic N) is 2. The molecule has 3 N–H and O–H groups in total. The lowest BCUT2D eigenvalue weighted by atomic mass is 10.2. The molecule has 2 aromatic heterocycles. The van der Waals surface area contributed by atoms with Crippen molar-refractivity contribution >= 4 is 5.78 Å². The van der Waals surface area contributed by atoms with Crippen LogP contribution in [0.3, 0.4) is 0 Å². The molecule has 4 heteroatoms. The summed E-state index contributed by atoms with van der Waals surface area (Å²) >= 11 is 0. The van der Waals surface area contributed by atoms with Crippen molar-refractivity contribution in [3.63, 3.8) is 0 Å². The lowest BCUT2D eigenvalue weighted by molar-refractivity contribution is 0.808. The maximum atomic E-state index is 5.48. The van der Waals surface area contributed by atoms with Gasteiger partial charge in [-0.1, -0.05) is 0 Å². The Hall–Kier alpha value is -1.29. The van der Waals surface area contributed by atoms with E-state index in [1.165, 1.54) is 5.69 Å². The Morgan fingerprint density at radius 3 is 2.93 bits per heavy atom. The van der Waals surface area contributed by atoms with Crippen LogP contribution in [0, 0.1) is 13.8 Å². The number of aryl methyl sites for hydroxylation is 3. The largest absolute Gasteiger partial charge is 0.330 e. The van der Waals surface area contributed by atoms with Crippen molar-refractivity contribution in [1.29, 1.82) is 0 Å². The molecule has 76 valence electrons. The minimum atomic E-state index is 0.726. The number of rotatable bonds is 3. The van der Waals surface area contributed by atoms with Crippen LogP contribution in [0.2, 0.25) is 0 Å². The van der Waals surface area contributed by atoms with Crippen LogP contribution in [0.15, 0.2) is 6.20 Å². The van der Waals surface area contributed by atoms with Crippen molar-refractivity contribution in [2.45, 2.75) is 26.7 Å². The Morgan fingerprint density at radius 2 is 2.29 bits per heavy atom. The molecule has 14 heavy (non-hydrogen) atoms. The zero-order chi connectivity index (χ0) is 10.1. The van der Waals surface area contributed by atoms with E-state index in [0.717, 1.165) is 36.6 Å². The molecule has 4 nitrogen and oxygen atoms in total. The van der Waals surface area contributed by atoms with E-state index in [4.69, 9.17) is 5.73 Å². The molecular weight excluding hydrogens is 176 g/mol. The van der Waals surface area contributed by atoms with Crippen LogP contribution in [0.25, 0.3) is 5.78 Å². The molecule has 2 rings (SSSR count). The molecule has 0 aliphatic carbocycles. The zero-order valence-electron chi connectivity index (χ0n) is 8.67. The van der Waals surface area contributed by atoms with Gasteiger partial charge in [-0.25, -0.2) is 4.98 Å². The second kappa shape index (κ2) is 3.46. The Balaban J connectivity index is 2.37. The van der Waals surface area contributed by atoms with Gasteiger partial charge in [-0.2, -0.15) is 0 Å². The molecule has 0 saturated heterocycles. The number of imidazole rings is 2. The van der Waals surface area contributed by atoms with Gasteiger partial charge in [0.05, 0.1) is 5.69 Å². The second-order valence-electron chi connectivity index (χ2n) is 3.67. The van der Waals surface area contributed by atoms with E-state index < -0.39 is 0 Å². The van der Waals surface area contributed by atoms with E-state index in [-0.39, 0.29) is 0 Å². The van der Waals surface area contributed by atoms with E-state index in [2.05, 4.69) is 27.5 Å². The summed E-state index contributed by atoms with van der Waals surface area (Å²) in [5, 5.41) is 0. The molecule has 0 saturated carbocycles. The molecule has 0 spiro atoms. The fourth-order valence-electron chi connectivity index (χ4n) is 1.72. The molecule has 0 radical (unpaired) electrons. The van der Waals surface area contributed by atoms with E-state index in [0.29, 0.717) is 0 Å². The predicted molar refractivity (Wildman–Crippen MR) is 56.4 cm³/mol. The molecule has 0 atom stereocenters. The van der Waals surface area contributed by atoms with Crippen LogP contribution in [0.5, 0.6) is 0 Å². The lowest BCUT2D eigenvalue weighted by Crippen LogP contribution is -2.01. The molecule has 2 aromatic rings. The number of hydrogen-bond donors (Lipinski definition) is 2. The summed E-state index contributed by atoms with van der Waals surface area (Å²) in [7, 11) is 0. The molecule has 0 aliphatic heterocycles. The molecular formula is C10H16N4. The summed E-state index contributed by atoms with van der Waals surface area (Å²) in [6, 6.07) is 0. The highest BCUT2D eigenvalue weighted by Gasteiger charge is 2.08. The van der Waals surface area contributed by atoms with Crippen molar-refractivity contribution in [2.24, 2.45) is 5.73 Å². The van der Waals surface area contributed by atoms with Crippen molar-refractivity contribution in [1.82, 2.24) is 14.4 Å². The molecule has 0 aromatic carbocycles. The monoisotopic (exact) mass is 192 g/mol. The fourth-order valence-corrected chi connectivity index (χ4v) is 1.72. The van der Waals surface area contributed by atoms with Crippen LogP contribution >= 0.6 is 0 Å². The van der Waals surface area contributed by atoms with Crippen LogP contribution < -0.4 is 5.73 Å². The number of aromatic nitrogens is 3. The Morgan fingerprint density at radius 1 is 1.50 bits per heavy atom. The van der Waals surface area contributed by atoms with Crippen LogP contribution in [0.4, 0.5) is 0 Å². The Labute approximate surface area is 83.1 Å². The molecule has 0 aliphatic rings. The quantitative estimate of drug-likeness (QED) is 0.767. The molecule has 0 amide bonds. The Bertz CT molecular complexity index is 438. The maximum absolute atomic E-state index is 5.48. The van der Waals surface area contributed by atoms with Gasteiger partial charge in [0, 0.05) is 17.6 Å². The highest BCUT2D eigenvalue weighted by Crippen LogP contribution is 2.13. The van der Waals surface area contributed by atoms with E-state index >= 15 is 0 Å². The lowest BCUT2D eigenvalue weighted by Gasteiger charge is -1.96. The number of fused-ring (bicyclic) bond motifs is 1. The number of aromatic amines is 1. The highest BCUT2D eigenvalue weighted by molar-refractivity contribution is 5.37. The van der Waals surface area contributed by atoms with E-state index in [1.807, 2.05) is 6.92 Å². The predicted octanol–water partition coefficient (Wildman–Crippen LogP) is 1.17. The van der Waals surface area contributed by atoms with Crippen LogP contribution in [-0.2, 0) is 6.42 Å². The smallest absolute Gasteiger partial charge is 0.211 e. The van der Waals surface area contributed by atoms with Gasteiger partial charge >= 0.3 is 0 Å². The van der Waals surface area contributed by atoms with Gasteiger partial charge in [0.1, 0.15) is 0 Å². The SMILES string of the molecule is Cc1cn2c(C)c(CCCN)nc2[nH]1. The van der Waals surface area contributed by atoms with E-state index in [9.17, 15) is 0 Å². The first-order valence-corrected chi connectivity index (χ1v) is 4.95. The molecule has 0 bridgehead atoms. The molecule has 0 fully saturated rings. The van der Waals surface area contributed by atoms with Gasteiger partial charge in [0.25, 0.3) is 0 Å². The van der Waals surface area contributed by atoms with Gasteiger partial charge in [-0.15, -0.1) is 0 Å².